The Hall–Kier alpha value is -0.840. The fraction of sp³-hybridized carbons (Fsp3) is 0.111. The molecule has 4 heteroatoms. The molecule has 68 valence electrons. The lowest BCUT2D eigenvalue weighted by atomic mass is 10.3. The first-order valence-electron chi connectivity index (χ1n) is 3.93. The molecule has 0 fully saturated rings. The number of hydrogen-bond donors (Lipinski definition) is 2. The predicted molar refractivity (Wildman–Crippen MR) is 59.9 cm³/mol. The second-order valence-corrected chi connectivity index (χ2v) is 4.76. The van der Waals surface area contributed by atoms with Gasteiger partial charge in [-0.1, -0.05) is 6.07 Å². The molecule has 13 heavy (non-hydrogen) atoms. The molecule has 0 saturated carbocycles. The Morgan fingerprint density at radius 1 is 1.31 bits per heavy atom. The van der Waals surface area contributed by atoms with E-state index in [0.717, 1.165) is 10.6 Å². The minimum atomic E-state index is 0.530. The fourth-order valence-electron chi connectivity index (χ4n) is 1.14. The van der Waals surface area contributed by atoms with Crippen LogP contribution in [0.2, 0.25) is 0 Å². The molecule has 2 aromatic heterocycles. The number of rotatable bonds is 2. The summed E-state index contributed by atoms with van der Waals surface area (Å²) in [6.45, 7) is 0.530. The summed E-state index contributed by atoms with van der Waals surface area (Å²) in [6, 6.07) is 6.13. The van der Waals surface area contributed by atoms with Crippen LogP contribution in [0.3, 0.4) is 0 Å². The smallest absolute Gasteiger partial charge is 0.0475 e. The molecule has 0 aromatic carbocycles. The number of thiophene rings is 2. The van der Waals surface area contributed by atoms with E-state index in [-0.39, 0.29) is 0 Å². The van der Waals surface area contributed by atoms with Crippen LogP contribution in [0, 0.1) is 0 Å². The molecular formula is C9H10N2S2. The summed E-state index contributed by atoms with van der Waals surface area (Å²) in [5, 5.41) is 2.06. The van der Waals surface area contributed by atoms with Crippen LogP contribution in [-0.4, -0.2) is 0 Å². The molecule has 0 bridgehead atoms. The highest BCUT2D eigenvalue weighted by atomic mass is 32.1. The molecule has 0 aliphatic heterocycles. The Labute approximate surface area is 84.8 Å². The number of anilines is 1. The molecule has 0 amide bonds. The third kappa shape index (κ3) is 1.60. The van der Waals surface area contributed by atoms with Crippen LogP contribution in [0.5, 0.6) is 0 Å². The molecule has 2 nitrogen and oxygen atoms in total. The summed E-state index contributed by atoms with van der Waals surface area (Å²) in [4.78, 5) is 3.55. The van der Waals surface area contributed by atoms with E-state index in [9.17, 15) is 0 Å². The molecule has 0 atom stereocenters. The van der Waals surface area contributed by atoms with Gasteiger partial charge in [0.25, 0.3) is 0 Å². The van der Waals surface area contributed by atoms with E-state index in [2.05, 4.69) is 11.4 Å². The van der Waals surface area contributed by atoms with Gasteiger partial charge < -0.3 is 11.5 Å². The minimum absolute atomic E-state index is 0.530. The molecule has 0 radical (unpaired) electrons. The molecule has 0 saturated heterocycles. The second-order valence-electron chi connectivity index (χ2n) is 2.67. The van der Waals surface area contributed by atoms with Crippen molar-refractivity contribution in [2.24, 2.45) is 5.73 Å². The van der Waals surface area contributed by atoms with E-state index < -0.39 is 0 Å². The highest BCUT2D eigenvalue weighted by Gasteiger charge is 2.06. The average Bonchev–Trinajstić information content (AvgIpc) is 2.71. The second kappa shape index (κ2) is 3.49. The molecular weight excluding hydrogens is 200 g/mol. The Kier molecular flexibility index (Phi) is 2.35. The maximum Gasteiger partial charge on any atom is 0.0475 e. The van der Waals surface area contributed by atoms with Gasteiger partial charge in [0.1, 0.15) is 0 Å². The van der Waals surface area contributed by atoms with E-state index in [1.807, 2.05) is 12.1 Å². The summed E-state index contributed by atoms with van der Waals surface area (Å²) < 4.78 is 0. The largest absolute Gasteiger partial charge is 0.398 e. The van der Waals surface area contributed by atoms with Gasteiger partial charge in [0.15, 0.2) is 0 Å². The standard InChI is InChI=1S/C9H10N2S2/c10-5-9-6(11)4-8(13-9)7-2-1-3-12-7/h1-4H,5,10-11H2. The van der Waals surface area contributed by atoms with Gasteiger partial charge in [0.05, 0.1) is 0 Å². The monoisotopic (exact) mass is 210 g/mol. The van der Waals surface area contributed by atoms with Gasteiger partial charge in [0, 0.05) is 26.9 Å². The summed E-state index contributed by atoms with van der Waals surface area (Å²) in [7, 11) is 0. The lowest BCUT2D eigenvalue weighted by Gasteiger charge is -1.89. The van der Waals surface area contributed by atoms with Crippen LogP contribution in [0.25, 0.3) is 9.75 Å². The summed E-state index contributed by atoms with van der Waals surface area (Å²) in [5.74, 6) is 0. The average molecular weight is 210 g/mol. The van der Waals surface area contributed by atoms with Crippen molar-refractivity contribution in [3.05, 3.63) is 28.5 Å². The number of hydrogen-bond acceptors (Lipinski definition) is 4. The third-order valence-corrected chi connectivity index (χ3v) is 4.03. The van der Waals surface area contributed by atoms with Crippen molar-refractivity contribution in [1.82, 2.24) is 0 Å². The predicted octanol–water partition coefficient (Wildman–Crippen LogP) is 2.52. The van der Waals surface area contributed by atoms with Gasteiger partial charge in [-0.3, -0.25) is 0 Å². The lowest BCUT2D eigenvalue weighted by Crippen LogP contribution is -1.96. The molecule has 2 heterocycles. The normalized spacial score (nSPS) is 10.5. The van der Waals surface area contributed by atoms with Gasteiger partial charge in [-0.25, -0.2) is 0 Å². The van der Waals surface area contributed by atoms with Crippen molar-refractivity contribution in [2.45, 2.75) is 6.54 Å². The summed E-state index contributed by atoms with van der Waals surface area (Å²) in [5.41, 5.74) is 12.2. The van der Waals surface area contributed by atoms with Crippen LogP contribution in [-0.2, 0) is 6.54 Å². The molecule has 0 aliphatic rings. The highest BCUT2D eigenvalue weighted by Crippen LogP contribution is 2.35. The highest BCUT2D eigenvalue weighted by molar-refractivity contribution is 7.21. The van der Waals surface area contributed by atoms with Crippen LogP contribution in [0.15, 0.2) is 23.6 Å². The first-order valence-corrected chi connectivity index (χ1v) is 5.63. The third-order valence-electron chi connectivity index (χ3n) is 1.79. The molecule has 2 rings (SSSR count). The van der Waals surface area contributed by atoms with Gasteiger partial charge >= 0.3 is 0 Å². The Morgan fingerprint density at radius 3 is 2.69 bits per heavy atom. The van der Waals surface area contributed by atoms with Crippen LogP contribution < -0.4 is 11.5 Å². The molecule has 0 aliphatic carbocycles. The van der Waals surface area contributed by atoms with Crippen molar-refractivity contribution in [3.8, 4) is 9.75 Å². The van der Waals surface area contributed by atoms with Crippen LogP contribution >= 0.6 is 22.7 Å². The Morgan fingerprint density at radius 2 is 2.15 bits per heavy atom. The zero-order valence-electron chi connectivity index (χ0n) is 6.99. The van der Waals surface area contributed by atoms with Crippen molar-refractivity contribution in [2.75, 3.05) is 5.73 Å². The van der Waals surface area contributed by atoms with Crippen LogP contribution in [0.1, 0.15) is 4.88 Å². The minimum Gasteiger partial charge on any atom is -0.398 e. The molecule has 0 unspecified atom stereocenters. The molecule has 4 N–H and O–H groups in total. The van der Waals surface area contributed by atoms with Gasteiger partial charge in [-0.15, -0.1) is 22.7 Å². The zero-order valence-corrected chi connectivity index (χ0v) is 8.62. The van der Waals surface area contributed by atoms with Gasteiger partial charge in [-0.2, -0.15) is 0 Å². The first kappa shape index (κ1) is 8.74. The van der Waals surface area contributed by atoms with Crippen molar-refractivity contribution < 1.29 is 0 Å². The Balaban J connectivity index is 2.43. The molecule has 0 spiro atoms. The Bertz CT molecular complexity index is 390. The van der Waals surface area contributed by atoms with Crippen LogP contribution in [0.4, 0.5) is 5.69 Å². The van der Waals surface area contributed by atoms with Crippen molar-refractivity contribution >= 4 is 28.4 Å². The zero-order chi connectivity index (χ0) is 9.26. The first-order chi connectivity index (χ1) is 6.31. The summed E-state index contributed by atoms with van der Waals surface area (Å²) >= 11 is 3.40. The van der Waals surface area contributed by atoms with E-state index in [1.54, 1.807) is 22.7 Å². The number of nitrogens with two attached hydrogens (primary N) is 2. The van der Waals surface area contributed by atoms with Crippen molar-refractivity contribution in [1.29, 1.82) is 0 Å². The quantitative estimate of drug-likeness (QED) is 0.800. The fourth-order valence-corrected chi connectivity index (χ4v) is 2.93. The van der Waals surface area contributed by atoms with Crippen molar-refractivity contribution in [3.63, 3.8) is 0 Å². The maximum atomic E-state index is 5.79. The van der Waals surface area contributed by atoms with Gasteiger partial charge in [-0.05, 0) is 17.5 Å². The maximum absolute atomic E-state index is 5.79. The SMILES string of the molecule is NCc1sc(-c2cccs2)cc1N. The van der Waals surface area contributed by atoms with E-state index >= 15 is 0 Å². The lowest BCUT2D eigenvalue weighted by molar-refractivity contribution is 1.11. The van der Waals surface area contributed by atoms with E-state index in [1.165, 1.54) is 9.75 Å². The van der Waals surface area contributed by atoms with E-state index in [4.69, 9.17) is 11.5 Å². The number of nitrogen functional groups attached to an aromatic ring is 1. The summed E-state index contributed by atoms with van der Waals surface area (Å²) in [6.07, 6.45) is 0. The van der Waals surface area contributed by atoms with E-state index in [0.29, 0.717) is 6.54 Å². The topological polar surface area (TPSA) is 52.0 Å². The molecule has 2 aromatic rings. The van der Waals surface area contributed by atoms with Gasteiger partial charge in [0.2, 0.25) is 0 Å².